The van der Waals surface area contributed by atoms with Crippen molar-refractivity contribution in [1.82, 2.24) is 19.1 Å². The summed E-state index contributed by atoms with van der Waals surface area (Å²) in [6, 6.07) is 10.8. The molecule has 10 heteroatoms. The monoisotopic (exact) mass is 513 g/mol. The lowest BCUT2D eigenvalue weighted by Gasteiger charge is -2.29. The zero-order chi connectivity index (χ0) is 25.4. The maximum Gasteiger partial charge on any atom is 0.351 e. The molecule has 0 spiro atoms. The number of hydrogen-bond acceptors (Lipinski definition) is 7. The molecule has 1 aromatic carbocycles. The summed E-state index contributed by atoms with van der Waals surface area (Å²) < 4.78 is 23.7. The van der Waals surface area contributed by atoms with E-state index >= 15 is 0 Å². The lowest BCUT2D eigenvalue weighted by Crippen LogP contribution is -2.36. The van der Waals surface area contributed by atoms with Gasteiger partial charge < -0.3 is 18.7 Å². The Bertz CT molecular complexity index is 1160. The molecule has 0 radical (unpaired) electrons. The van der Waals surface area contributed by atoms with Crippen molar-refractivity contribution in [3.63, 3.8) is 0 Å². The fourth-order valence-electron chi connectivity index (χ4n) is 5.40. The summed E-state index contributed by atoms with van der Waals surface area (Å²) in [5.74, 6) is 0.422. The smallest absolute Gasteiger partial charge is 0.351 e. The maximum atomic E-state index is 12.9. The molecule has 0 unspecified atom stereocenters. The highest BCUT2D eigenvalue weighted by Gasteiger charge is 2.56. The lowest BCUT2D eigenvalue weighted by atomic mass is 9.87. The van der Waals surface area contributed by atoms with E-state index < -0.39 is 20.4 Å². The molecule has 0 amide bonds. The van der Waals surface area contributed by atoms with Gasteiger partial charge in [-0.3, -0.25) is 4.57 Å². The summed E-state index contributed by atoms with van der Waals surface area (Å²) in [4.78, 5) is 23.2. The molecule has 0 N–H and O–H groups in total. The van der Waals surface area contributed by atoms with Gasteiger partial charge in [-0.2, -0.15) is 4.98 Å². The Morgan fingerprint density at radius 3 is 2.83 bits per heavy atom. The lowest BCUT2D eigenvalue weighted by molar-refractivity contribution is -0.0198. The zero-order valence-corrected chi connectivity index (χ0v) is 22.6. The average molecular weight is 514 g/mol. The molecule has 5 rings (SSSR count). The van der Waals surface area contributed by atoms with E-state index in [4.69, 9.17) is 13.8 Å². The van der Waals surface area contributed by atoms with Gasteiger partial charge in [-0.25, -0.2) is 14.5 Å². The standard InChI is InChI=1S/C26H36N5O4P/c1-6-20-21(15-23(33-20)30-16-18(2)24(28-25(30)32)27-17-29(4)5)34-36-31-14-10-13-22(31)26(3,35-36)19-11-8-7-9-12-19/h7-9,11-12,16-17,20-23H,6,10,13-15H2,1-5H3/b27-17-/t20-,21-,22-,23-,26+,36-/m1/s1. The van der Waals surface area contributed by atoms with Crippen LogP contribution in [0.3, 0.4) is 0 Å². The maximum absolute atomic E-state index is 12.9. The number of aliphatic imine (C=N–C) groups is 1. The third-order valence-corrected chi connectivity index (χ3v) is 9.21. The van der Waals surface area contributed by atoms with E-state index in [1.807, 2.05) is 27.1 Å². The topological polar surface area (TPSA) is 81.4 Å². The van der Waals surface area contributed by atoms with Gasteiger partial charge in [-0.15, -0.1) is 0 Å². The molecule has 3 aliphatic heterocycles. The average Bonchev–Trinajstić information content (AvgIpc) is 3.57. The van der Waals surface area contributed by atoms with Crippen molar-refractivity contribution in [2.45, 2.75) is 76.5 Å². The molecule has 6 atom stereocenters. The van der Waals surface area contributed by atoms with E-state index in [2.05, 4.69) is 52.8 Å². The van der Waals surface area contributed by atoms with Crippen molar-refractivity contribution < 1.29 is 13.8 Å². The van der Waals surface area contributed by atoms with Crippen LogP contribution in [0.15, 0.2) is 46.3 Å². The Hall–Kier alpha value is -2.16. The minimum absolute atomic E-state index is 0.121. The number of benzene rings is 1. The molecule has 3 fully saturated rings. The largest absolute Gasteiger partial charge is 0.369 e. The van der Waals surface area contributed by atoms with Crippen LogP contribution in [0, 0.1) is 6.92 Å². The van der Waals surface area contributed by atoms with Crippen LogP contribution in [0.1, 0.15) is 56.9 Å². The van der Waals surface area contributed by atoms with Crippen LogP contribution in [-0.2, 0) is 19.4 Å². The van der Waals surface area contributed by atoms with Crippen LogP contribution in [0.2, 0.25) is 0 Å². The Labute approximate surface area is 214 Å². The summed E-state index contributed by atoms with van der Waals surface area (Å²) in [5.41, 5.74) is 1.24. The molecular formula is C26H36N5O4P. The van der Waals surface area contributed by atoms with Gasteiger partial charge in [0.1, 0.15) is 11.8 Å². The second-order valence-electron chi connectivity index (χ2n) is 10.2. The predicted octanol–water partition coefficient (Wildman–Crippen LogP) is 4.49. The van der Waals surface area contributed by atoms with Gasteiger partial charge in [0.15, 0.2) is 5.82 Å². The number of rotatable bonds is 7. The summed E-state index contributed by atoms with van der Waals surface area (Å²) in [6.45, 7) is 7.16. The van der Waals surface area contributed by atoms with Crippen LogP contribution in [0.5, 0.6) is 0 Å². The predicted molar refractivity (Wildman–Crippen MR) is 140 cm³/mol. The number of aromatic nitrogens is 2. The Morgan fingerprint density at radius 1 is 1.33 bits per heavy atom. The summed E-state index contributed by atoms with van der Waals surface area (Å²) in [7, 11) is 2.52. The third kappa shape index (κ3) is 4.75. The molecule has 194 valence electrons. The molecule has 36 heavy (non-hydrogen) atoms. The van der Waals surface area contributed by atoms with Crippen molar-refractivity contribution in [3.8, 4) is 0 Å². The van der Waals surface area contributed by atoms with Crippen LogP contribution >= 0.6 is 8.53 Å². The Balaban J connectivity index is 1.34. The van der Waals surface area contributed by atoms with E-state index in [9.17, 15) is 4.79 Å². The van der Waals surface area contributed by atoms with Crippen molar-refractivity contribution in [3.05, 3.63) is 58.1 Å². The molecule has 0 saturated carbocycles. The highest BCUT2D eigenvalue weighted by molar-refractivity contribution is 7.45. The van der Waals surface area contributed by atoms with E-state index in [0.717, 1.165) is 31.4 Å². The second-order valence-corrected chi connectivity index (χ2v) is 11.6. The minimum atomic E-state index is -1.23. The van der Waals surface area contributed by atoms with Gasteiger partial charge in [-0.1, -0.05) is 37.3 Å². The Kier molecular flexibility index (Phi) is 7.30. The third-order valence-electron chi connectivity index (χ3n) is 7.32. The van der Waals surface area contributed by atoms with E-state index in [0.29, 0.717) is 18.3 Å². The van der Waals surface area contributed by atoms with E-state index in [1.54, 1.807) is 22.0 Å². The van der Waals surface area contributed by atoms with Crippen LogP contribution in [0.4, 0.5) is 5.82 Å². The van der Waals surface area contributed by atoms with Gasteiger partial charge in [-0.05, 0) is 38.7 Å². The number of nitrogens with zero attached hydrogens (tertiary/aromatic N) is 5. The minimum Gasteiger partial charge on any atom is -0.369 e. The van der Waals surface area contributed by atoms with Crippen LogP contribution in [0.25, 0.3) is 0 Å². The molecular weight excluding hydrogens is 477 g/mol. The summed E-state index contributed by atoms with van der Waals surface area (Å²) in [6.07, 6.45) is 6.31. The zero-order valence-electron chi connectivity index (χ0n) is 21.7. The second kappa shape index (κ2) is 10.3. The van der Waals surface area contributed by atoms with E-state index in [-0.39, 0.29) is 17.9 Å². The number of fused-ring (bicyclic) bond motifs is 1. The van der Waals surface area contributed by atoms with Crippen LogP contribution in [-0.4, -0.2) is 64.3 Å². The van der Waals surface area contributed by atoms with Crippen LogP contribution < -0.4 is 5.69 Å². The highest BCUT2D eigenvalue weighted by Crippen LogP contribution is 2.64. The number of aryl methyl sites for hydroxylation is 1. The van der Waals surface area contributed by atoms with Gasteiger partial charge in [0.05, 0.1) is 24.6 Å². The molecule has 0 aliphatic carbocycles. The summed E-state index contributed by atoms with van der Waals surface area (Å²) in [5, 5.41) is 0. The molecule has 0 bridgehead atoms. The quantitative estimate of drug-likeness (QED) is 0.307. The normalized spacial score (nSPS) is 32.4. The first-order chi connectivity index (χ1) is 17.3. The number of hydrogen-bond donors (Lipinski definition) is 0. The molecule has 3 aliphatic rings. The van der Waals surface area contributed by atoms with Crippen molar-refractivity contribution >= 4 is 20.7 Å². The molecule has 9 nitrogen and oxygen atoms in total. The van der Waals surface area contributed by atoms with Gasteiger partial charge in [0.2, 0.25) is 0 Å². The molecule has 4 heterocycles. The first-order valence-electron chi connectivity index (χ1n) is 12.7. The SMILES string of the molecule is CC[C@H]1O[C@@H](n2cc(C)c(/N=C\N(C)C)nc2=O)C[C@H]1O[P@]1O[C@@](C)(c2ccccc2)[C@H]2CCCN21. The molecule has 3 saturated heterocycles. The highest BCUT2D eigenvalue weighted by atomic mass is 31.2. The first-order valence-corrected chi connectivity index (χ1v) is 13.9. The summed E-state index contributed by atoms with van der Waals surface area (Å²) >= 11 is 0. The van der Waals surface area contributed by atoms with Crippen molar-refractivity contribution in [2.24, 2.45) is 4.99 Å². The van der Waals surface area contributed by atoms with Gasteiger partial charge in [0.25, 0.3) is 8.53 Å². The molecule has 1 aromatic heterocycles. The Morgan fingerprint density at radius 2 is 2.11 bits per heavy atom. The van der Waals surface area contributed by atoms with Crippen molar-refractivity contribution in [1.29, 1.82) is 0 Å². The first kappa shape index (κ1) is 25.5. The van der Waals surface area contributed by atoms with Crippen molar-refractivity contribution in [2.75, 3.05) is 20.6 Å². The van der Waals surface area contributed by atoms with Gasteiger partial charge >= 0.3 is 5.69 Å². The van der Waals surface area contributed by atoms with E-state index in [1.165, 1.54) is 5.56 Å². The number of ether oxygens (including phenoxy) is 1. The molecule has 2 aromatic rings. The fraction of sp³-hybridized carbons (Fsp3) is 0.577. The van der Waals surface area contributed by atoms with Gasteiger partial charge in [0, 0.05) is 38.8 Å². The fourth-order valence-corrected chi connectivity index (χ4v) is 7.55.